The second-order valence-electron chi connectivity index (χ2n) is 5.84. The molecule has 0 bridgehead atoms. The van der Waals surface area contributed by atoms with E-state index in [4.69, 9.17) is 0 Å². The molecule has 0 atom stereocenters. The van der Waals surface area contributed by atoms with Crippen LogP contribution in [-0.2, 0) is 0 Å². The van der Waals surface area contributed by atoms with E-state index in [2.05, 4.69) is 34.3 Å². The topological polar surface area (TPSA) is 71.3 Å². The highest BCUT2D eigenvalue weighted by Gasteiger charge is 2.14. The molecule has 1 aliphatic heterocycles. The lowest BCUT2D eigenvalue weighted by Crippen LogP contribution is -2.32. The average molecular weight is 344 g/mol. The van der Waals surface area contributed by atoms with Crippen LogP contribution in [0, 0.1) is 24.0 Å². The van der Waals surface area contributed by atoms with Gasteiger partial charge in [-0.1, -0.05) is 0 Å². The fourth-order valence-electron chi connectivity index (χ4n) is 2.85. The number of pyridine rings is 1. The summed E-state index contributed by atoms with van der Waals surface area (Å²) in [7, 11) is 0. The predicted molar refractivity (Wildman–Crippen MR) is 99.6 cm³/mol. The molecule has 126 valence electrons. The Morgan fingerprint density at radius 3 is 2.58 bits per heavy atom. The van der Waals surface area contributed by atoms with E-state index in [0.717, 1.165) is 18.8 Å². The van der Waals surface area contributed by atoms with E-state index < -0.39 is 4.92 Å². The zero-order valence-electron chi connectivity index (χ0n) is 13.8. The van der Waals surface area contributed by atoms with Gasteiger partial charge >= 0.3 is 0 Å². The number of nitro groups is 1. The first-order valence-corrected chi connectivity index (χ1v) is 9.01. The van der Waals surface area contributed by atoms with Crippen LogP contribution in [0.5, 0.6) is 0 Å². The Morgan fingerprint density at radius 2 is 1.96 bits per heavy atom. The van der Waals surface area contributed by atoms with Gasteiger partial charge in [0.2, 0.25) is 0 Å². The van der Waals surface area contributed by atoms with Crippen LogP contribution in [0.15, 0.2) is 30.5 Å². The van der Waals surface area contributed by atoms with Crippen LogP contribution in [0.1, 0.15) is 11.1 Å². The summed E-state index contributed by atoms with van der Waals surface area (Å²) in [5, 5.41) is 14.1. The van der Waals surface area contributed by atoms with Crippen LogP contribution >= 0.6 is 11.8 Å². The van der Waals surface area contributed by atoms with Gasteiger partial charge in [0.15, 0.2) is 0 Å². The van der Waals surface area contributed by atoms with Gasteiger partial charge in [0.25, 0.3) is 5.69 Å². The van der Waals surface area contributed by atoms with Crippen LogP contribution in [-0.4, -0.2) is 34.5 Å². The third kappa shape index (κ3) is 3.62. The van der Waals surface area contributed by atoms with Gasteiger partial charge in [0, 0.05) is 41.5 Å². The molecule has 0 aliphatic carbocycles. The molecular weight excluding hydrogens is 324 g/mol. The smallest absolute Gasteiger partial charge is 0.290 e. The molecule has 1 fully saturated rings. The van der Waals surface area contributed by atoms with E-state index in [1.807, 2.05) is 17.8 Å². The van der Waals surface area contributed by atoms with E-state index in [9.17, 15) is 10.1 Å². The SMILES string of the molecule is Cc1cc(Nc2cc(C)c([N+](=O)[O-])cn2)ccc1N1CCSCC1. The third-order valence-corrected chi connectivity index (χ3v) is 5.04. The Hall–Kier alpha value is -2.28. The van der Waals surface area contributed by atoms with Crippen molar-refractivity contribution in [3.8, 4) is 0 Å². The maximum absolute atomic E-state index is 10.9. The minimum atomic E-state index is -0.415. The highest BCUT2D eigenvalue weighted by Crippen LogP contribution is 2.28. The van der Waals surface area contributed by atoms with Gasteiger partial charge in [-0.3, -0.25) is 10.1 Å². The first kappa shape index (κ1) is 16.6. The summed E-state index contributed by atoms with van der Waals surface area (Å²) in [5.74, 6) is 2.95. The molecule has 7 heteroatoms. The molecule has 1 aliphatic rings. The molecule has 0 spiro atoms. The van der Waals surface area contributed by atoms with Gasteiger partial charge < -0.3 is 10.2 Å². The fourth-order valence-corrected chi connectivity index (χ4v) is 3.75. The van der Waals surface area contributed by atoms with E-state index >= 15 is 0 Å². The van der Waals surface area contributed by atoms with Gasteiger partial charge in [0.05, 0.1) is 4.92 Å². The molecule has 0 radical (unpaired) electrons. The first-order valence-electron chi connectivity index (χ1n) is 7.86. The van der Waals surface area contributed by atoms with Gasteiger partial charge in [-0.15, -0.1) is 0 Å². The number of hydrogen-bond acceptors (Lipinski definition) is 6. The lowest BCUT2D eigenvalue weighted by atomic mass is 10.1. The van der Waals surface area contributed by atoms with E-state index in [1.165, 1.54) is 29.0 Å². The predicted octanol–water partition coefficient (Wildman–Crippen LogP) is 3.90. The summed E-state index contributed by atoms with van der Waals surface area (Å²) in [6, 6.07) is 7.95. The number of anilines is 3. The molecule has 1 N–H and O–H groups in total. The number of hydrogen-bond donors (Lipinski definition) is 1. The minimum absolute atomic E-state index is 0.0371. The summed E-state index contributed by atoms with van der Waals surface area (Å²) in [6.07, 6.45) is 1.30. The van der Waals surface area contributed by atoms with Crippen LogP contribution in [0.4, 0.5) is 22.9 Å². The summed E-state index contributed by atoms with van der Waals surface area (Å²) in [6.45, 7) is 5.99. The van der Waals surface area contributed by atoms with Gasteiger partial charge in [-0.25, -0.2) is 4.98 Å². The zero-order valence-corrected chi connectivity index (χ0v) is 14.6. The van der Waals surface area contributed by atoms with Crippen LogP contribution in [0.2, 0.25) is 0 Å². The Balaban J connectivity index is 1.77. The Labute approximate surface area is 145 Å². The van der Waals surface area contributed by atoms with Crippen molar-refractivity contribution in [2.45, 2.75) is 13.8 Å². The molecule has 0 unspecified atom stereocenters. The van der Waals surface area contributed by atoms with Crippen molar-refractivity contribution in [2.75, 3.05) is 34.8 Å². The molecule has 3 rings (SSSR count). The summed E-state index contributed by atoms with van der Waals surface area (Å²) >= 11 is 2.00. The molecule has 2 aromatic rings. The normalized spacial score (nSPS) is 14.5. The zero-order chi connectivity index (χ0) is 17.1. The first-order chi connectivity index (χ1) is 11.5. The standard InChI is InChI=1S/C17H20N4O2S/c1-12-9-14(3-4-15(12)20-5-7-24-8-6-20)19-17-10-13(2)16(11-18-17)21(22)23/h3-4,9-11H,5-8H2,1-2H3,(H,18,19). The monoisotopic (exact) mass is 344 g/mol. The minimum Gasteiger partial charge on any atom is -0.370 e. The molecule has 1 aromatic heterocycles. The number of rotatable bonds is 4. The van der Waals surface area contributed by atoms with Crippen molar-refractivity contribution in [1.82, 2.24) is 4.98 Å². The lowest BCUT2D eigenvalue weighted by molar-refractivity contribution is -0.385. The number of benzene rings is 1. The Kier molecular flexibility index (Phi) is 4.89. The highest BCUT2D eigenvalue weighted by molar-refractivity contribution is 7.99. The maximum atomic E-state index is 10.9. The van der Waals surface area contributed by atoms with Crippen LogP contribution < -0.4 is 10.2 Å². The van der Waals surface area contributed by atoms with Crippen molar-refractivity contribution in [1.29, 1.82) is 0 Å². The van der Waals surface area contributed by atoms with Crippen molar-refractivity contribution in [2.24, 2.45) is 0 Å². The molecule has 0 amide bonds. The van der Waals surface area contributed by atoms with E-state index in [-0.39, 0.29) is 5.69 Å². The summed E-state index contributed by atoms with van der Waals surface area (Å²) in [4.78, 5) is 17.0. The molecule has 2 heterocycles. The molecule has 0 saturated carbocycles. The lowest BCUT2D eigenvalue weighted by Gasteiger charge is -2.30. The number of thioether (sulfide) groups is 1. The fraction of sp³-hybridized carbons (Fsp3) is 0.353. The highest BCUT2D eigenvalue weighted by atomic mass is 32.2. The second kappa shape index (κ2) is 7.09. The second-order valence-corrected chi connectivity index (χ2v) is 7.06. The molecular formula is C17H20N4O2S. The van der Waals surface area contributed by atoms with E-state index in [1.54, 1.807) is 13.0 Å². The van der Waals surface area contributed by atoms with Crippen molar-refractivity contribution in [3.63, 3.8) is 0 Å². The molecule has 24 heavy (non-hydrogen) atoms. The van der Waals surface area contributed by atoms with Crippen molar-refractivity contribution >= 4 is 34.6 Å². The van der Waals surface area contributed by atoms with Crippen molar-refractivity contribution < 1.29 is 4.92 Å². The van der Waals surface area contributed by atoms with Crippen LogP contribution in [0.3, 0.4) is 0 Å². The summed E-state index contributed by atoms with van der Waals surface area (Å²) < 4.78 is 0. The van der Waals surface area contributed by atoms with Crippen LogP contribution in [0.25, 0.3) is 0 Å². The Bertz CT molecular complexity index is 760. The quantitative estimate of drug-likeness (QED) is 0.670. The van der Waals surface area contributed by atoms with Crippen molar-refractivity contribution in [3.05, 3.63) is 51.7 Å². The van der Waals surface area contributed by atoms with E-state index in [0.29, 0.717) is 11.4 Å². The molecule has 6 nitrogen and oxygen atoms in total. The third-order valence-electron chi connectivity index (χ3n) is 4.10. The number of nitrogens with zero attached hydrogens (tertiary/aromatic N) is 3. The average Bonchev–Trinajstić information content (AvgIpc) is 2.55. The number of aromatic nitrogens is 1. The number of aryl methyl sites for hydroxylation is 2. The maximum Gasteiger partial charge on any atom is 0.290 e. The van der Waals surface area contributed by atoms with Gasteiger partial charge in [-0.2, -0.15) is 11.8 Å². The molecule has 1 aromatic carbocycles. The molecule has 1 saturated heterocycles. The largest absolute Gasteiger partial charge is 0.370 e. The Morgan fingerprint density at radius 1 is 1.21 bits per heavy atom. The number of nitrogens with one attached hydrogen (secondary N) is 1. The van der Waals surface area contributed by atoms with Gasteiger partial charge in [-0.05, 0) is 43.7 Å². The van der Waals surface area contributed by atoms with Gasteiger partial charge in [0.1, 0.15) is 12.0 Å². The summed E-state index contributed by atoms with van der Waals surface area (Å²) in [5.41, 5.74) is 4.05.